The van der Waals surface area contributed by atoms with Crippen LogP contribution in [0.3, 0.4) is 0 Å². The number of amides is 1. The minimum Gasteiger partial charge on any atom is -0.325 e. The SMILES string of the molecule is CC(C)(C(=O)Nc1ccc(Br)cc1)c1csc(NSC2CC2)n1. The average Bonchev–Trinajstić information content (AvgIpc) is 3.23. The maximum atomic E-state index is 12.6. The zero-order valence-electron chi connectivity index (χ0n) is 12.9. The minimum absolute atomic E-state index is 0.0634. The van der Waals surface area contributed by atoms with Gasteiger partial charge in [-0.2, -0.15) is 0 Å². The number of halogens is 1. The average molecular weight is 412 g/mol. The first-order valence-electron chi connectivity index (χ1n) is 7.40. The van der Waals surface area contributed by atoms with Crippen LogP contribution in [0.5, 0.6) is 0 Å². The van der Waals surface area contributed by atoms with E-state index in [2.05, 4.69) is 31.0 Å². The van der Waals surface area contributed by atoms with Crippen molar-refractivity contribution in [3.05, 3.63) is 39.8 Å². The van der Waals surface area contributed by atoms with E-state index in [0.717, 1.165) is 26.2 Å². The van der Waals surface area contributed by atoms with Gasteiger partial charge >= 0.3 is 0 Å². The molecule has 3 rings (SSSR count). The van der Waals surface area contributed by atoms with Crippen molar-refractivity contribution in [3.63, 3.8) is 0 Å². The van der Waals surface area contributed by atoms with Crippen molar-refractivity contribution < 1.29 is 4.79 Å². The number of carbonyl (C=O) groups excluding carboxylic acids is 1. The lowest BCUT2D eigenvalue weighted by molar-refractivity contribution is -0.120. The van der Waals surface area contributed by atoms with Crippen molar-refractivity contribution in [2.45, 2.75) is 37.4 Å². The summed E-state index contributed by atoms with van der Waals surface area (Å²) in [4.78, 5) is 17.2. The summed E-state index contributed by atoms with van der Waals surface area (Å²) in [6.45, 7) is 3.79. The van der Waals surface area contributed by atoms with Gasteiger partial charge in [-0.05, 0) is 62.9 Å². The molecule has 0 aliphatic heterocycles. The van der Waals surface area contributed by atoms with Gasteiger partial charge in [-0.3, -0.25) is 4.79 Å². The summed E-state index contributed by atoms with van der Waals surface area (Å²) in [5.41, 5.74) is 0.883. The molecule has 0 unspecified atom stereocenters. The molecule has 1 aromatic heterocycles. The van der Waals surface area contributed by atoms with Crippen molar-refractivity contribution in [1.29, 1.82) is 0 Å². The Balaban J connectivity index is 1.66. The van der Waals surface area contributed by atoms with Gasteiger partial charge in [0.1, 0.15) is 0 Å². The van der Waals surface area contributed by atoms with E-state index in [1.807, 2.05) is 43.5 Å². The Kier molecular flexibility index (Phi) is 4.98. The van der Waals surface area contributed by atoms with Crippen LogP contribution >= 0.6 is 39.2 Å². The van der Waals surface area contributed by atoms with Crippen LogP contribution in [0.4, 0.5) is 10.8 Å². The van der Waals surface area contributed by atoms with Crippen molar-refractivity contribution >= 4 is 55.9 Å². The Hall–Kier alpha value is -1.05. The third-order valence-corrected chi connectivity index (χ3v) is 6.18. The summed E-state index contributed by atoms with van der Waals surface area (Å²) in [5.74, 6) is -0.0634. The van der Waals surface area contributed by atoms with E-state index in [1.54, 1.807) is 23.3 Å². The Morgan fingerprint density at radius 3 is 2.70 bits per heavy atom. The Morgan fingerprint density at radius 2 is 2.04 bits per heavy atom. The van der Waals surface area contributed by atoms with Crippen LogP contribution in [-0.4, -0.2) is 16.1 Å². The summed E-state index contributed by atoms with van der Waals surface area (Å²) in [5, 5.41) is 6.49. The van der Waals surface area contributed by atoms with Crippen LogP contribution in [0.2, 0.25) is 0 Å². The van der Waals surface area contributed by atoms with Gasteiger partial charge < -0.3 is 10.0 Å². The molecule has 2 aromatic rings. The van der Waals surface area contributed by atoms with Gasteiger partial charge in [0.05, 0.1) is 11.1 Å². The lowest BCUT2D eigenvalue weighted by atomic mass is 9.89. The molecule has 0 spiro atoms. The largest absolute Gasteiger partial charge is 0.325 e. The van der Waals surface area contributed by atoms with Gasteiger partial charge in [-0.1, -0.05) is 15.9 Å². The van der Waals surface area contributed by atoms with E-state index in [-0.39, 0.29) is 5.91 Å². The summed E-state index contributed by atoms with van der Waals surface area (Å²) < 4.78 is 4.27. The van der Waals surface area contributed by atoms with E-state index in [9.17, 15) is 4.79 Å². The van der Waals surface area contributed by atoms with Gasteiger partial charge in [-0.15, -0.1) is 11.3 Å². The lowest BCUT2D eigenvalue weighted by Crippen LogP contribution is -2.35. The number of hydrogen-bond donors (Lipinski definition) is 2. The van der Waals surface area contributed by atoms with Crippen LogP contribution in [0, 0.1) is 0 Å². The fourth-order valence-electron chi connectivity index (χ4n) is 1.86. The molecular formula is C16H18BrN3OS2. The highest BCUT2D eigenvalue weighted by molar-refractivity contribution is 9.10. The number of benzene rings is 1. The predicted molar refractivity (Wildman–Crippen MR) is 102 cm³/mol. The number of rotatable bonds is 6. The maximum Gasteiger partial charge on any atom is 0.236 e. The number of nitrogens with zero attached hydrogens (tertiary/aromatic N) is 1. The molecule has 1 aromatic carbocycles. The molecule has 0 bridgehead atoms. The van der Waals surface area contributed by atoms with Crippen LogP contribution in [-0.2, 0) is 10.2 Å². The lowest BCUT2D eigenvalue weighted by Gasteiger charge is -2.21. The van der Waals surface area contributed by atoms with E-state index in [1.165, 1.54) is 12.8 Å². The fraction of sp³-hybridized carbons (Fsp3) is 0.375. The van der Waals surface area contributed by atoms with Gasteiger partial charge in [0.15, 0.2) is 5.13 Å². The second-order valence-corrected chi connectivity index (χ2v) is 8.92. The zero-order chi connectivity index (χ0) is 16.4. The first kappa shape index (κ1) is 16.8. The number of carbonyl (C=O) groups is 1. The molecule has 1 amide bonds. The van der Waals surface area contributed by atoms with E-state index in [0.29, 0.717) is 0 Å². The molecule has 1 fully saturated rings. The van der Waals surface area contributed by atoms with Crippen molar-refractivity contribution in [2.24, 2.45) is 0 Å². The van der Waals surface area contributed by atoms with Crippen LogP contribution in [0.1, 0.15) is 32.4 Å². The van der Waals surface area contributed by atoms with Gasteiger partial charge in [0.25, 0.3) is 0 Å². The molecule has 1 aliphatic rings. The molecule has 1 saturated carbocycles. The molecule has 0 saturated heterocycles. The standard InChI is InChI=1S/C16H18BrN3OS2/c1-16(2,14(21)18-11-5-3-10(17)4-6-11)13-9-22-15(19-13)20-23-12-7-8-12/h3-6,9,12H,7-8H2,1-2H3,(H,18,21)(H,19,20). The Morgan fingerprint density at radius 1 is 1.35 bits per heavy atom. The number of aromatic nitrogens is 1. The second-order valence-electron chi connectivity index (χ2n) is 6.04. The minimum atomic E-state index is -0.687. The normalized spacial score (nSPS) is 14.6. The second kappa shape index (κ2) is 6.83. The summed E-state index contributed by atoms with van der Waals surface area (Å²) in [6.07, 6.45) is 2.55. The topological polar surface area (TPSA) is 54.0 Å². The number of anilines is 2. The highest BCUT2D eigenvalue weighted by atomic mass is 79.9. The van der Waals surface area contributed by atoms with Crippen molar-refractivity contribution in [1.82, 2.24) is 4.98 Å². The molecule has 23 heavy (non-hydrogen) atoms. The molecule has 1 heterocycles. The number of nitrogens with one attached hydrogen (secondary N) is 2. The van der Waals surface area contributed by atoms with Gasteiger partial charge in [0.2, 0.25) is 5.91 Å². The third kappa shape index (κ3) is 4.28. The maximum absolute atomic E-state index is 12.6. The first-order valence-corrected chi connectivity index (χ1v) is 9.95. The molecular weight excluding hydrogens is 394 g/mol. The summed E-state index contributed by atoms with van der Waals surface area (Å²) in [7, 11) is 0. The molecule has 7 heteroatoms. The Labute approximate surface area is 152 Å². The van der Waals surface area contributed by atoms with Crippen LogP contribution in [0.25, 0.3) is 0 Å². The van der Waals surface area contributed by atoms with Crippen LogP contribution < -0.4 is 10.0 Å². The van der Waals surface area contributed by atoms with Crippen molar-refractivity contribution in [3.8, 4) is 0 Å². The fourth-order valence-corrected chi connectivity index (χ4v) is 3.87. The summed E-state index contributed by atoms with van der Waals surface area (Å²) >= 11 is 6.66. The molecule has 4 nitrogen and oxygen atoms in total. The molecule has 1 aliphatic carbocycles. The first-order chi connectivity index (χ1) is 10.9. The molecule has 2 N–H and O–H groups in total. The van der Waals surface area contributed by atoms with Gasteiger partial charge in [0, 0.05) is 20.8 Å². The Bertz CT molecular complexity index is 696. The highest BCUT2D eigenvalue weighted by Gasteiger charge is 2.33. The molecule has 0 radical (unpaired) electrons. The third-order valence-electron chi connectivity index (χ3n) is 3.65. The highest BCUT2D eigenvalue weighted by Crippen LogP contribution is 2.36. The van der Waals surface area contributed by atoms with Crippen molar-refractivity contribution in [2.75, 3.05) is 10.0 Å². The quantitative estimate of drug-likeness (QED) is 0.653. The smallest absolute Gasteiger partial charge is 0.236 e. The number of hydrogen-bond acceptors (Lipinski definition) is 5. The van der Waals surface area contributed by atoms with Gasteiger partial charge in [-0.25, -0.2) is 4.98 Å². The summed E-state index contributed by atoms with van der Waals surface area (Å²) in [6, 6.07) is 7.56. The monoisotopic (exact) mass is 411 g/mol. The molecule has 122 valence electrons. The van der Waals surface area contributed by atoms with E-state index < -0.39 is 5.41 Å². The predicted octanol–water partition coefficient (Wildman–Crippen LogP) is 5.04. The van der Waals surface area contributed by atoms with Crippen LogP contribution in [0.15, 0.2) is 34.1 Å². The number of thiazole rings is 1. The zero-order valence-corrected chi connectivity index (χ0v) is 16.1. The van der Waals surface area contributed by atoms with E-state index >= 15 is 0 Å². The molecule has 0 atom stereocenters. The van der Waals surface area contributed by atoms with E-state index in [4.69, 9.17) is 0 Å².